The van der Waals surface area contributed by atoms with E-state index < -0.39 is 0 Å². The summed E-state index contributed by atoms with van der Waals surface area (Å²) in [4.78, 5) is 0. The van der Waals surface area contributed by atoms with Crippen LogP contribution < -0.4 is 10.1 Å². The van der Waals surface area contributed by atoms with E-state index in [0.717, 1.165) is 25.3 Å². The maximum absolute atomic E-state index is 5.68. The summed E-state index contributed by atoms with van der Waals surface area (Å²) in [6.45, 7) is 8.50. The first-order chi connectivity index (χ1) is 10.3. The van der Waals surface area contributed by atoms with Gasteiger partial charge in [-0.2, -0.15) is 0 Å². The average molecular weight is 291 g/mol. The molecule has 0 aromatic heterocycles. The first-order valence-corrected chi connectivity index (χ1v) is 8.71. The lowest BCUT2D eigenvalue weighted by Gasteiger charge is -2.14. The Labute approximate surface area is 131 Å². The van der Waals surface area contributed by atoms with Gasteiger partial charge in [0.15, 0.2) is 0 Å². The predicted octanol–water partition coefficient (Wildman–Crippen LogP) is 5.31. The van der Waals surface area contributed by atoms with Gasteiger partial charge in [-0.3, -0.25) is 0 Å². The van der Waals surface area contributed by atoms with Gasteiger partial charge in [0.1, 0.15) is 5.75 Å². The number of hydrogen-bond donors (Lipinski definition) is 1. The van der Waals surface area contributed by atoms with Gasteiger partial charge in [-0.15, -0.1) is 0 Å². The van der Waals surface area contributed by atoms with Crippen molar-refractivity contribution in [2.45, 2.75) is 78.3 Å². The fraction of sp³-hybridized carbons (Fsp3) is 0.684. The van der Waals surface area contributed by atoms with Crippen molar-refractivity contribution in [2.75, 3.05) is 6.61 Å². The number of benzene rings is 1. The molecule has 0 saturated heterocycles. The monoisotopic (exact) mass is 291 g/mol. The molecule has 0 aliphatic heterocycles. The van der Waals surface area contributed by atoms with Gasteiger partial charge in [-0.1, -0.05) is 58.1 Å². The quantitative estimate of drug-likeness (QED) is 0.527. The van der Waals surface area contributed by atoms with Crippen LogP contribution in [0.15, 0.2) is 24.3 Å². The molecule has 120 valence electrons. The molecule has 1 aromatic rings. The van der Waals surface area contributed by atoms with Gasteiger partial charge in [0.2, 0.25) is 0 Å². The zero-order valence-electron chi connectivity index (χ0n) is 14.2. The van der Waals surface area contributed by atoms with Crippen molar-refractivity contribution in [3.63, 3.8) is 0 Å². The highest BCUT2D eigenvalue weighted by Gasteiger charge is 2.02. The van der Waals surface area contributed by atoms with Gasteiger partial charge in [-0.05, 0) is 37.5 Å². The molecular formula is C19H33NO. The van der Waals surface area contributed by atoms with Crippen molar-refractivity contribution in [1.82, 2.24) is 5.32 Å². The molecule has 0 heterocycles. The minimum atomic E-state index is 0.599. The molecule has 0 radical (unpaired) electrons. The minimum absolute atomic E-state index is 0.599. The Morgan fingerprint density at radius 3 is 2.33 bits per heavy atom. The van der Waals surface area contributed by atoms with E-state index in [2.05, 4.69) is 50.4 Å². The molecule has 1 atom stereocenters. The molecule has 2 heteroatoms. The molecule has 0 amide bonds. The molecule has 1 rings (SSSR count). The molecule has 1 unspecified atom stereocenters. The second kappa shape index (κ2) is 11.6. The van der Waals surface area contributed by atoms with Crippen LogP contribution in [0.25, 0.3) is 0 Å². The molecule has 0 bridgehead atoms. The van der Waals surface area contributed by atoms with Crippen LogP contribution >= 0.6 is 0 Å². The zero-order chi connectivity index (χ0) is 15.3. The molecule has 1 N–H and O–H groups in total. The molecule has 21 heavy (non-hydrogen) atoms. The number of ether oxygens (including phenoxy) is 1. The van der Waals surface area contributed by atoms with Crippen LogP contribution in [0.2, 0.25) is 0 Å². The van der Waals surface area contributed by atoms with Gasteiger partial charge in [0, 0.05) is 12.6 Å². The van der Waals surface area contributed by atoms with Crippen molar-refractivity contribution in [2.24, 2.45) is 0 Å². The lowest BCUT2D eigenvalue weighted by atomic mass is 10.1. The van der Waals surface area contributed by atoms with E-state index in [-0.39, 0.29) is 0 Å². The summed E-state index contributed by atoms with van der Waals surface area (Å²) in [5.41, 5.74) is 1.33. The van der Waals surface area contributed by atoms with Crippen LogP contribution in [0.3, 0.4) is 0 Å². The van der Waals surface area contributed by atoms with Crippen LogP contribution in [-0.4, -0.2) is 12.6 Å². The molecule has 2 nitrogen and oxygen atoms in total. The molecule has 0 saturated carbocycles. The van der Waals surface area contributed by atoms with Crippen molar-refractivity contribution in [1.29, 1.82) is 0 Å². The van der Waals surface area contributed by atoms with E-state index in [4.69, 9.17) is 4.74 Å². The zero-order valence-corrected chi connectivity index (χ0v) is 14.2. The van der Waals surface area contributed by atoms with E-state index >= 15 is 0 Å². The molecule has 1 aromatic carbocycles. The summed E-state index contributed by atoms with van der Waals surface area (Å²) in [5, 5.41) is 3.61. The van der Waals surface area contributed by atoms with E-state index in [1.807, 2.05) is 0 Å². The molecule has 0 aliphatic rings. The highest BCUT2D eigenvalue weighted by molar-refractivity contribution is 5.27. The van der Waals surface area contributed by atoms with E-state index in [9.17, 15) is 0 Å². The van der Waals surface area contributed by atoms with Crippen LogP contribution in [0.4, 0.5) is 0 Å². The molecule has 0 spiro atoms. The highest BCUT2D eigenvalue weighted by atomic mass is 16.5. The van der Waals surface area contributed by atoms with Crippen LogP contribution in [0.1, 0.15) is 71.3 Å². The largest absolute Gasteiger partial charge is 0.494 e. The van der Waals surface area contributed by atoms with Gasteiger partial charge in [-0.25, -0.2) is 0 Å². The van der Waals surface area contributed by atoms with Gasteiger partial charge >= 0.3 is 0 Å². The van der Waals surface area contributed by atoms with Crippen molar-refractivity contribution in [3.05, 3.63) is 29.8 Å². The fourth-order valence-corrected chi connectivity index (χ4v) is 2.31. The van der Waals surface area contributed by atoms with Gasteiger partial charge < -0.3 is 10.1 Å². The Balaban J connectivity index is 2.19. The van der Waals surface area contributed by atoms with E-state index in [1.54, 1.807) is 0 Å². The fourth-order valence-electron chi connectivity index (χ4n) is 2.31. The summed E-state index contributed by atoms with van der Waals surface area (Å²) >= 11 is 0. The smallest absolute Gasteiger partial charge is 0.119 e. The minimum Gasteiger partial charge on any atom is -0.494 e. The van der Waals surface area contributed by atoms with Crippen LogP contribution in [0, 0.1) is 0 Å². The second-order valence-electron chi connectivity index (χ2n) is 5.98. The third kappa shape index (κ3) is 8.77. The Kier molecular flexibility index (Phi) is 9.98. The summed E-state index contributed by atoms with van der Waals surface area (Å²) in [5.74, 6) is 0.986. The standard InChI is InChI=1S/C19H33NO/c1-4-6-8-9-10-17(3)20-16-18-11-13-19(14-12-18)21-15-7-5-2/h11-14,17,20H,4-10,15-16H2,1-3H3. The Hall–Kier alpha value is -1.02. The molecule has 0 aliphatic carbocycles. The molecular weight excluding hydrogens is 258 g/mol. The topological polar surface area (TPSA) is 21.3 Å². The van der Waals surface area contributed by atoms with Gasteiger partial charge in [0.25, 0.3) is 0 Å². The van der Waals surface area contributed by atoms with Crippen LogP contribution in [0.5, 0.6) is 5.75 Å². The predicted molar refractivity (Wildman–Crippen MR) is 91.9 cm³/mol. The maximum Gasteiger partial charge on any atom is 0.119 e. The molecule has 0 fully saturated rings. The SMILES string of the molecule is CCCCCCC(C)NCc1ccc(OCCCC)cc1. The highest BCUT2D eigenvalue weighted by Crippen LogP contribution is 2.13. The summed E-state index contributed by atoms with van der Waals surface area (Å²) in [6.07, 6.45) is 8.97. The number of nitrogens with one attached hydrogen (secondary N) is 1. The second-order valence-corrected chi connectivity index (χ2v) is 5.98. The first-order valence-electron chi connectivity index (χ1n) is 8.71. The number of hydrogen-bond acceptors (Lipinski definition) is 2. The lowest BCUT2D eigenvalue weighted by Crippen LogP contribution is -2.25. The van der Waals surface area contributed by atoms with E-state index in [0.29, 0.717) is 6.04 Å². The lowest BCUT2D eigenvalue weighted by molar-refractivity contribution is 0.309. The van der Waals surface area contributed by atoms with Gasteiger partial charge in [0.05, 0.1) is 6.61 Å². The maximum atomic E-state index is 5.68. The Morgan fingerprint density at radius 2 is 1.67 bits per heavy atom. The van der Waals surface area contributed by atoms with Crippen molar-refractivity contribution < 1.29 is 4.74 Å². The Bertz CT molecular complexity index is 347. The van der Waals surface area contributed by atoms with Crippen molar-refractivity contribution in [3.8, 4) is 5.75 Å². The summed E-state index contributed by atoms with van der Waals surface area (Å²) < 4.78 is 5.68. The Morgan fingerprint density at radius 1 is 0.952 bits per heavy atom. The first kappa shape index (κ1) is 18.0. The third-order valence-electron chi connectivity index (χ3n) is 3.84. The summed E-state index contributed by atoms with van der Waals surface area (Å²) in [7, 11) is 0. The summed E-state index contributed by atoms with van der Waals surface area (Å²) in [6, 6.07) is 9.09. The number of rotatable bonds is 12. The average Bonchev–Trinajstić information content (AvgIpc) is 2.51. The van der Waals surface area contributed by atoms with E-state index in [1.165, 1.54) is 44.1 Å². The normalized spacial score (nSPS) is 12.3. The number of unbranched alkanes of at least 4 members (excludes halogenated alkanes) is 4. The van der Waals surface area contributed by atoms with Crippen LogP contribution in [-0.2, 0) is 6.54 Å². The van der Waals surface area contributed by atoms with Crippen molar-refractivity contribution >= 4 is 0 Å². The third-order valence-corrected chi connectivity index (χ3v) is 3.84.